The van der Waals surface area contributed by atoms with Crippen molar-refractivity contribution in [2.45, 2.75) is 32.5 Å². The standard InChI is InChI=1S/C26H28N4O3S2/c1-6-30-25(20-14-34-17(3)24(20)18-9-7-16(2)8-10-18)28-29-26(30)35-15-23(31)27-21-13-19(32-4)11-12-22(21)33-5/h7-14H,6,15H2,1-5H3,(H,27,31). The molecule has 0 atom stereocenters. The number of nitrogens with zero attached hydrogens (tertiary/aromatic N) is 3. The molecule has 0 radical (unpaired) electrons. The van der Waals surface area contributed by atoms with Gasteiger partial charge in [-0.05, 0) is 38.5 Å². The van der Waals surface area contributed by atoms with Crippen LogP contribution in [-0.2, 0) is 11.3 Å². The van der Waals surface area contributed by atoms with E-state index in [1.54, 1.807) is 43.8 Å². The number of methoxy groups -OCH3 is 2. The maximum atomic E-state index is 12.7. The number of anilines is 1. The molecule has 0 aliphatic carbocycles. The van der Waals surface area contributed by atoms with Gasteiger partial charge in [0.05, 0.1) is 25.7 Å². The van der Waals surface area contributed by atoms with Gasteiger partial charge in [-0.25, -0.2) is 0 Å². The Morgan fingerprint density at radius 2 is 1.86 bits per heavy atom. The Labute approximate surface area is 213 Å². The highest BCUT2D eigenvalue weighted by Crippen LogP contribution is 2.39. The fourth-order valence-electron chi connectivity index (χ4n) is 3.81. The predicted molar refractivity (Wildman–Crippen MR) is 143 cm³/mol. The van der Waals surface area contributed by atoms with Crippen LogP contribution in [0, 0.1) is 13.8 Å². The summed E-state index contributed by atoms with van der Waals surface area (Å²) in [5, 5.41) is 14.7. The van der Waals surface area contributed by atoms with Crippen molar-refractivity contribution >= 4 is 34.7 Å². The minimum Gasteiger partial charge on any atom is -0.497 e. The number of rotatable bonds is 9. The second-order valence-corrected chi connectivity index (χ2v) is 9.93. The first-order chi connectivity index (χ1) is 16.9. The Kier molecular flexibility index (Phi) is 7.77. The maximum absolute atomic E-state index is 12.7. The quantitative estimate of drug-likeness (QED) is 0.277. The summed E-state index contributed by atoms with van der Waals surface area (Å²) in [6, 6.07) is 13.8. The fraction of sp³-hybridized carbons (Fsp3) is 0.269. The van der Waals surface area contributed by atoms with Gasteiger partial charge in [0, 0.05) is 34.0 Å². The molecule has 0 saturated carbocycles. The predicted octanol–water partition coefficient (Wildman–Crippen LogP) is 6.06. The molecule has 9 heteroatoms. The van der Waals surface area contributed by atoms with Gasteiger partial charge in [-0.1, -0.05) is 41.6 Å². The summed E-state index contributed by atoms with van der Waals surface area (Å²) in [5.41, 5.74) is 5.19. The first-order valence-corrected chi connectivity index (χ1v) is 13.0. The third-order valence-corrected chi connectivity index (χ3v) is 7.48. The highest BCUT2D eigenvalue weighted by Gasteiger charge is 2.20. The number of carbonyl (C=O) groups is 1. The van der Waals surface area contributed by atoms with Gasteiger partial charge in [0.1, 0.15) is 11.5 Å². The number of hydrogen-bond donors (Lipinski definition) is 1. The highest BCUT2D eigenvalue weighted by molar-refractivity contribution is 7.99. The number of aryl methyl sites for hydroxylation is 2. The van der Waals surface area contributed by atoms with Crippen molar-refractivity contribution in [3.63, 3.8) is 0 Å². The van der Waals surface area contributed by atoms with Crippen LogP contribution in [0.15, 0.2) is 53.0 Å². The van der Waals surface area contributed by atoms with Crippen LogP contribution in [-0.4, -0.2) is 40.6 Å². The number of hydrogen-bond acceptors (Lipinski definition) is 7. The van der Waals surface area contributed by atoms with E-state index in [2.05, 4.69) is 70.5 Å². The molecular weight excluding hydrogens is 480 g/mol. The lowest BCUT2D eigenvalue weighted by Crippen LogP contribution is -2.15. The Hall–Kier alpha value is -3.30. The van der Waals surface area contributed by atoms with Crippen LogP contribution in [0.2, 0.25) is 0 Å². The van der Waals surface area contributed by atoms with Crippen LogP contribution < -0.4 is 14.8 Å². The summed E-state index contributed by atoms with van der Waals surface area (Å²) in [7, 11) is 3.14. The van der Waals surface area contributed by atoms with E-state index in [1.165, 1.54) is 27.8 Å². The largest absolute Gasteiger partial charge is 0.497 e. The molecule has 182 valence electrons. The van der Waals surface area contributed by atoms with Crippen molar-refractivity contribution in [3.8, 4) is 34.0 Å². The lowest BCUT2D eigenvalue weighted by Gasteiger charge is -2.12. The monoisotopic (exact) mass is 508 g/mol. The van der Waals surface area contributed by atoms with Gasteiger partial charge in [-0.15, -0.1) is 21.5 Å². The fourth-order valence-corrected chi connectivity index (χ4v) is 5.47. The highest BCUT2D eigenvalue weighted by atomic mass is 32.2. The SMILES string of the molecule is CCn1c(SCC(=O)Nc2cc(OC)ccc2OC)nnc1-c1csc(C)c1-c1ccc(C)cc1. The molecule has 2 aromatic heterocycles. The lowest BCUT2D eigenvalue weighted by atomic mass is 10.0. The zero-order chi connectivity index (χ0) is 24.9. The van der Waals surface area contributed by atoms with Crippen LogP contribution in [0.1, 0.15) is 17.4 Å². The number of aromatic nitrogens is 3. The van der Waals surface area contributed by atoms with Crippen molar-refractivity contribution in [3.05, 3.63) is 58.3 Å². The van der Waals surface area contributed by atoms with Gasteiger partial charge in [0.2, 0.25) is 5.91 Å². The molecular formula is C26H28N4O3S2. The molecule has 0 spiro atoms. The molecule has 1 N–H and O–H groups in total. The summed E-state index contributed by atoms with van der Waals surface area (Å²) in [5.74, 6) is 2.04. The van der Waals surface area contributed by atoms with Crippen molar-refractivity contribution in [2.75, 3.05) is 25.3 Å². The molecule has 7 nitrogen and oxygen atoms in total. The van der Waals surface area contributed by atoms with Gasteiger partial charge in [-0.3, -0.25) is 4.79 Å². The van der Waals surface area contributed by atoms with Gasteiger partial charge >= 0.3 is 0 Å². The van der Waals surface area contributed by atoms with E-state index in [1.807, 2.05) is 0 Å². The molecule has 4 aromatic rings. The van der Waals surface area contributed by atoms with Crippen molar-refractivity contribution in [1.29, 1.82) is 0 Å². The van der Waals surface area contributed by atoms with Crippen LogP contribution in [0.3, 0.4) is 0 Å². The zero-order valence-corrected chi connectivity index (χ0v) is 22.0. The Balaban J connectivity index is 1.54. The number of thiophene rings is 1. The van der Waals surface area contributed by atoms with Gasteiger partial charge in [0.25, 0.3) is 0 Å². The number of amides is 1. The first-order valence-electron chi connectivity index (χ1n) is 11.2. The second-order valence-electron chi connectivity index (χ2n) is 7.90. The van der Waals surface area contributed by atoms with E-state index in [-0.39, 0.29) is 11.7 Å². The Morgan fingerprint density at radius 1 is 1.09 bits per heavy atom. The van der Waals surface area contributed by atoms with Crippen LogP contribution in [0.5, 0.6) is 11.5 Å². The number of thioether (sulfide) groups is 1. The summed E-state index contributed by atoms with van der Waals surface area (Å²) >= 11 is 3.06. The van der Waals surface area contributed by atoms with E-state index in [0.29, 0.717) is 28.9 Å². The lowest BCUT2D eigenvalue weighted by molar-refractivity contribution is -0.113. The van der Waals surface area contributed by atoms with E-state index in [0.717, 1.165) is 17.0 Å². The van der Waals surface area contributed by atoms with E-state index < -0.39 is 0 Å². The summed E-state index contributed by atoms with van der Waals surface area (Å²) < 4.78 is 12.7. The van der Waals surface area contributed by atoms with E-state index in [9.17, 15) is 4.79 Å². The smallest absolute Gasteiger partial charge is 0.234 e. The average molecular weight is 509 g/mol. The molecule has 4 rings (SSSR count). The van der Waals surface area contributed by atoms with Crippen molar-refractivity contribution < 1.29 is 14.3 Å². The number of benzene rings is 2. The second kappa shape index (κ2) is 11.0. The van der Waals surface area contributed by atoms with Crippen LogP contribution in [0.4, 0.5) is 5.69 Å². The Morgan fingerprint density at radius 3 is 2.54 bits per heavy atom. The molecule has 2 aromatic carbocycles. The first kappa shape index (κ1) is 24.8. The average Bonchev–Trinajstić information content (AvgIpc) is 3.45. The normalized spacial score (nSPS) is 10.9. The minimum absolute atomic E-state index is 0.166. The zero-order valence-electron chi connectivity index (χ0n) is 20.4. The maximum Gasteiger partial charge on any atom is 0.234 e. The summed E-state index contributed by atoms with van der Waals surface area (Å²) in [4.78, 5) is 13.9. The number of ether oxygens (including phenoxy) is 2. The molecule has 1 amide bonds. The summed E-state index contributed by atoms with van der Waals surface area (Å²) in [6.45, 7) is 6.97. The molecule has 0 unspecified atom stereocenters. The third-order valence-electron chi connectivity index (χ3n) is 5.60. The minimum atomic E-state index is -0.166. The Bertz CT molecular complexity index is 1330. The van der Waals surface area contributed by atoms with E-state index in [4.69, 9.17) is 9.47 Å². The van der Waals surface area contributed by atoms with Crippen molar-refractivity contribution in [2.24, 2.45) is 0 Å². The molecule has 0 bridgehead atoms. The van der Waals surface area contributed by atoms with Gasteiger partial charge in [0.15, 0.2) is 11.0 Å². The number of nitrogens with one attached hydrogen (secondary N) is 1. The molecule has 0 aliphatic heterocycles. The van der Waals surface area contributed by atoms with Gasteiger partial charge < -0.3 is 19.4 Å². The summed E-state index contributed by atoms with van der Waals surface area (Å²) in [6.07, 6.45) is 0. The van der Waals surface area contributed by atoms with E-state index >= 15 is 0 Å². The molecule has 2 heterocycles. The molecule has 0 saturated heterocycles. The third kappa shape index (κ3) is 5.36. The van der Waals surface area contributed by atoms with Gasteiger partial charge in [-0.2, -0.15) is 0 Å². The molecule has 35 heavy (non-hydrogen) atoms. The molecule has 0 fully saturated rings. The number of carbonyl (C=O) groups excluding carboxylic acids is 1. The van der Waals surface area contributed by atoms with Crippen LogP contribution in [0.25, 0.3) is 22.5 Å². The van der Waals surface area contributed by atoms with Crippen LogP contribution >= 0.6 is 23.1 Å². The molecule has 0 aliphatic rings. The van der Waals surface area contributed by atoms with Crippen molar-refractivity contribution in [1.82, 2.24) is 14.8 Å². The topological polar surface area (TPSA) is 78.3 Å².